The molecule has 0 aliphatic carbocycles. The van der Waals surface area contributed by atoms with Crippen LogP contribution in [0.4, 0.5) is 0 Å². The van der Waals surface area contributed by atoms with E-state index >= 15 is 0 Å². The molecule has 0 unspecified atom stereocenters. The number of hydrogen-bond acceptors (Lipinski definition) is 1. The quantitative estimate of drug-likeness (QED) is 0.684. The van der Waals surface area contributed by atoms with Crippen molar-refractivity contribution in [1.29, 1.82) is 0 Å². The van der Waals surface area contributed by atoms with Crippen molar-refractivity contribution in [2.45, 2.75) is 66.2 Å². The second-order valence-corrected chi connectivity index (χ2v) is 9.95. The normalized spacial score (nSPS) is 17.5. The molecule has 1 saturated heterocycles. The van der Waals surface area contributed by atoms with E-state index in [2.05, 4.69) is 75.5 Å². The predicted molar refractivity (Wildman–Crippen MR) is 114 cm³/mol. The monoisotopic (exact) mass is 368 g/mol. The number of fused-ring (bicyclic) bond motifs is 1. The second-order valence-electron chi connectivity index (χ2n) is 9.95. The molecule has 3 nitrogen and oxygen atoms in total. The lowest BCUT2D eigenvalue weighted by Crippen LogP contribution is -2.38. The van der Waals surface area contributed by atoms with Gasteiger partial charge in [0.05, 0.1) is 0 Å². The summed E-state index contributed by atoms with van der Waals surface area (Å²) in [5, 5.41) is 1.39. The first-order valence-electron chi connectivity index (χ1n) is 10.5. The summed E-state index contributed by atoms with van der Waals surface area (Å²) in [4.78, 5) is 14.8. The highest BCUT2D eigenvalue weighted by atomic mass is 16.2. The van der Waals surface area contributed by atoms with Crippen molar-refractivity contribution in [1.82, 2.24) is 9.47 Å². The van der Waals surface area contributed by atoms with E-state index in [0.717, 1.165) is 32.4 Å². The van der Waals surface area contributed by atoms with Crippen molar-refractivity contribution in [3.8, 4) is 0 Å². The number of carbonyl (C=O) groups excluding carboxylic acids is 1. The summed E-state index contributed by atoms with van der Waals surface area (Å²) in [5.41, 5.74) is 4.38. The Morgan fingerprint density at radius 1 is 1.22 bits per heavy atom. The Kier molecular flexibility index (Phi) is 5.69. The fraction of sp³-hybridized carbons (Fsp3) is 0.625. The lowest BCUT2D eigenvalue weighted by molar-refractivity contribution is -0.133. The Bertz CT molecular complexity index is 804. The van der Waals surface area contributed by atoms with Crippen molar-refractivity contribution in [2.75, 3.05) is 13.1 Å². The lowest BCUT2D eigenvalue weighted by atomic mass is 9.83. The Morgan fingerprint density at radius 2 is 1.89 bits per heavy atom. The SMILES string of the molecule is Cc1ccc2c(c1)c(C1CCN(C(=O)C[C@H](C)CC(C)(C)C)CC1)cn2C. The molecule has 1 fully saturated rings. The van der Waals surface area contributed by atoms with E-state index in [9.17, 15) is 4.79 Å². The van der Waals surface area contributed by atoms with Gasteiger partial charge < -0.3 is 9.47 Å². The van der Waals surface area contributed by atoms with Gasteiger partial charge in [-0.2, -0.15) is 0 Å². The van der Waals surface area contributed by atoms with E-state index in [-0.39, 0.29) is 0 Å². The molecule has 1 atom stereocenters. The molecule has 27 heavy (non-hydrogen) atoms. The van der Waals surface area contributed by atoms with Crippen LogP contribution in [0.15, 0.2) is 24.4 Å². The minimum absolute atomic E-state index is 0.291. The van der Waals surface area contributed by atoms with Crippen LogP contribution in [0.3, 0.4) is 0 Å². The average molecular weight is 369 g/mol. The van der Waals surface area contributed by atoms with Gasteiger partial charge in [0.25, 0.3) is 0 Å². The van der Waals surface area contributed by atoms with Gasteiger partial charge in [0, 0.05) is 43.7 Å². The number of hydrogen-bond donors (Lipinski definition) is 0. The number of aryl methyl sites for hydroxylation is 2. The zero-order valence-corrected chi connectivity index (χ0v) is 18.0. The minimum atomic E-state index is 0.291. The number of benzene rings is 1. The third-order valence-electron chi connectivity index (χ3n) is 5.95. The van der Waals surface area contributed by atoms with Gasteiger partial charge in [0.15, 0.2) is 0 Å². The Labute approximate surface area is 164 Å². The smallest absolute Gasteiger partial charge is 0.222 e. The summed E-state index contributed by atoms with van der Waals surface area (Å²) in [6.07, 6.45) is 6.25. The summed E-state index contributed by atoms with van der Waals surface area (Å²) in [7, 11) is 2.14. The molecule has 1 aliphatic heterocycles. The molecule has 2 aromatic rings. The fourth-order valence-electron chi connectivity index (χ4n) is 4.85. The van der Waals surface area contributed by atoms with Crippen LogP contribution in [-0.2, 0) is 11.8 Å². The highest BCUT2D eigenvalue weighted by Crippen LogP contribution is 2.35. The topological polar surface area (TPSA) is 25.2 Å². The van der Waals surface area contributed by atoms with Gasteiger partial charge in [-0.3, -0.25) is 4.79 Å². The van der Waals surface area contributed by atoms with Gasteiger partial charge in [-0.05, 0) is 61.1 Å². The largest absolute Gasteiger partial charge is 0.350 e. The Balaban J connectivity index is 1.62. The van der Waals surface area contributed by atoms with Crippen LogP contribution >= 0.6 is 0 Å². The Morgan fingerprint density at radius 3 is 2.52 bits per heavy atom. The first-order valence-corrected chi connectivity index (χ1v) is 10.5. The molecule has 1 amide bonds. The van der Waals surface area contributed by atoms with Crippen LogP contribution in [0.25, 0.3) is 10.9 Å². The molecule has 0 spiro atoms. The molecule has 0 radical (unpaired) electrons. The minimum Gasteiger partial charge on any atom is -0.350 e. The number of likely N-dealkylation sites (tertiary alicyclic amines) is 1. The van der Waals surface area contributed by atoms with Gasteiger partial charge >= 0.3 is 0 Å². The van der Waals surface area contributed by atoms with Gasteiger partial charge in [-0.1, -0.05) is 39.3 Å². The van der Waals surface area contributed by atoms with Crippen LogP contribution in [0.5, 0.6) is 0 Å². The first kappa shape index (κ1) is 20.0. The molecule has 1 aliphatic rings. The molecule has 1 aromatic heterocycles. The van der Waals surface area contributed by atoms with Gasteiger partial charge in [0.1, 0.15) is 0 Å². The van der Waals surface area contributed by atoms with Gasteiger partial charge in [-0.15, -0.1) is 0 Å². The number of nitrogens with zero attached hydrogens (tertiary/aromatic N) is 2. The second kappa shape index (κ2) is 7.69. The molecule has 2 heterocycles. The maximum Gasteiger partial charge on any atom is 0.222 e. The predicted octanol–water partition coefficient (Wildman–Crippen LogP) is 5.66. The van der Waals surface area contributed by atoms with Crippen LogP contribution in [0.1, 0.15) is 70.4 Å². The highest BCUT2D eigenvalue weighted by Gasteiger charge is 2.27. The lowest BCUT2D eigenvalue weighted by Gasteiger charge is -2.33. The highest BCUT2D eigenvalue weighted by molar-refractivity contribution is 5.85. The van der Waals surface area contributed by atoms with Crippen molar-refractivity contribution in [2.24, 2.45) is 18.4 Å². The summed E-state index contributed by atoms with van der Waals surface area (Å²) < 4.78 is 2.25. The molecular formula is C24H36N2O. The molecule has 1 aromatic carbocycles. The zero-order valence-electron chi connectivity index (χ0n) is 18.0. The molecule has 0 bridgehead atoms. The maximum atomic E-state index is 12.7. The Hall–Kier alpha value is -1.77. The van der Waals surface area contributed by atoms with Gasteiger partial charge in [-0.25, -0.2) is 0 Å². The molecular weight excluding hydrogens is 332 g/mol. The van der Waals surface area contributed by atoms with E-state index in [1.54, 1.807) is 0 Å². The van der Waals surface area contributed by atoms with E-state index in [4.69, 9.17) is 0 Å². The van der Waals surface area contributed by atoms with E-state index in [1.807, 2.05) is 0 Å². The van der Waals surface area contributed by atoms with Gasteiger partial charge in [0.2, 0.25) is 5.91 Å². The molecule has 3 rings (SSSR count). The number of rotatable bonds is 4. The summed E-state index contributed by atoms with van der Waals surface area (Å²) in [6, 6.07) is 6.73. The molecule has 0 N–H and O–H groups in total. The number of piperidine rings is 1. The number of aromatic nitrogens is 1. The van der Waals surface area contributed by atoms with Crippen molar-refractivity contribution < 1.29 is 4.79 Å². The van der Waals surface area contributed by atoms with Crippen LogP contribution in [0.2, 0.25) is 0 Å². The fourth-order valence-corrected chi connectivity index (χ4v) is 4.85. The number of amides is 1. The summed E-state index contributed by atoms with van der Waals surface area (Å²) >= 11 is 0. The molecule has 0 saturated carbocycles. The van der Waals surface area contributed by atoms with Crippen LogP contribution < -0.4 is 0 Å². The average Bonchev–Trinajstić information content (AvgIpc) is 2.89. The van der Waals surface area contributed by atoms with Crippen LogP contribution in [0, 0.1) is 18.3 Å². The van der Waals surface area contributed by atoms with Crippen molar-refractivity contribution >= 4 is 16.8 Å². The van der Waals surface area contributed by atoms with E-state index in [1.165, 1.54) is 22.0 Å². The molecule has 148 valence electrons. The van der Waals surface area contributed by atoms with Crippen molar-refractivity contribution in [3.05, 3.63) is 35.5 Å². The standard InChI is InChI=1S/C24H36N2O/c1-17-7-8-22-20(13-17)21(16-25(22)6)19-9-11-26(12-10-19)23(27)14-18(2)15-24(3,4)5/h7-8,13,16,18-19H,9-12,14-15H2,1-6H3/t18-/m0/s1. The maximum absolute atomic E-state index is 12.7. The van der Waals surface area contributed by atoms with E-state index < -0.39 is 0 Å². The third kappa shape index (κ3) is 4.75. The summed E-state index contributed by atoms with van der Waals surface area (Å²) in [5.74, 6) is 1.36. The van der Waals surface area contributed by atoms with Crippen molar-refractivity contribution in [3.63, 3.8) is 0 Å². The molecule has 3 heteroatoms. The third-order valence-corrected chi connectivity index (χ3v) is 5.95. The first-order chi connectivity index (χ1) is 12.6. The number of carbonyl (C=O) groups is 1. The summed E-state index contributed by atoms with van der Waals surface area (Å²) in [6.45, 7) is 12.9. The van der Waals surface area contributed by atoms with E-state index in [0.29, 0.717) is 29.6 Å². The zero-order chi connectivity index (χ0) is 19.8. The van der Waals surface area contributed by atoms with Crippen LogP contribution in [-0.4, -0.2) is 28.5 Å².